The molecule has 2 atom stereocenters. The molecule has 6 nitrogen and oxygen atoms in total. The largest absolute Gasteiger partial charge is 0.389 e. The molecular weight excluding hydrogens is 350 g/mol. The van der Waals surface area contributed by atoms with Crippen LogP contribution >= 0.6 is 0 Å². The Morgan fingerprint density at radius 1 is 1.15 bits per heavy atom. The fraction of sp³-hybridized carbons (Fsp3) is 0.684. The number of hydrogen-bond donors (Lipinski definition) is 1. The van der Waals surface area contributed by atoms with E-state index in [9.17, 15) is 13.5 Å². The van der Waals surface area contributed by atoms with Crippen molar-refractivity contribution in [3.8, 4) is 0 Å². The van der Waals surface area contributed by atoms with Gasteiger partial charge in [-0.3, -0.25) is 4.90 Å². The lowest BCUT2D eigenvalue weighted by molar-refractivity contribution is -0.103. The quantitative estimate of drug-likeness (QED) is 0.835. The summed E-state index contributed by atoms with van der Waals surface area (Å²) in [5, 5.41) is 11.0. The molecule has 2 saturated heterocycles. The minimum absolute atomic E-state index is 0.0477. The summed E-state index contributed by atoms with van der Waals surface area (Å²) in [6.07, 6.45) is 2.23. The van der Waals surface area contributed by atoms with Gasteiger partial charge in [0.2, 0.25) is 0 Å². The number of aliphatic hydroxyl groups is 1. The van der Waals surface area contributed by atoms with Gasteiger partial charge in [0.05, 0.1) is 5.60 Å². The predicted molar refractivity (Wildman–Crippen MR) is 103 cm³/mol. The fourth-order valence-corrected chi connectivity index (χ4v) is 5.37. The van der Waals surface area contributed by atoms with E-state index in [0.717, 1.165) is 26.1 Å². The van der Waals surface area contributed by atoms with Crippen LogP contribution < -0.4 is 0 Å². The van der Waals surface area contributed by atoms with Crippen molar-refractivity contribution >= 4 is 10.2 Å². The van der Waals surface area contributed by atoms with Gasteiger partial charge in [0.1, 0.15) is 0 Å². The summed E-state index contributed by atoms with van der Waals surface area (Å²) in [6, 6.07) is 8.48. The van der Waals surface area contributed by atoms with Crippen molar-refractivity contribution in [2.45, 2.75) is 38.3 Å². The summed E-state index contributed by atoms with van der Waals surface area (Å²) in [4.78, 5) is 2.36. The molecule has 26 heavy (non-hydrogen) atoms. The molecule has 2 fully saturated rings. The van der Waals surface area contributed by atoms with Crippen LogP contribution in [0.1, 0.15) is 30.9 Å². The number of hydrogen-bond acceptors (Lipinski definition) is 4. The van der Waals surface area contributed by atoms with Gasteiger partial charge in [0, 0.05) is 52.7 Å². The fourth-order valence-electron chi connectivity index (χ4n) is 4.22. The van der Waals surface area contributed by atoms with Gasteiger partial charge in [-0.25, -0.2) is 0 Å². The van der Waals surface area contributed by atoms with Gasteiger partial charge < -0.3 is 5.11 Å². The molecule has 0 aliphatic carbocycles. The number of rotatable bonds is 5. The average Bonchev–Trinajstić information content (AvgIpc) is 2.61. The van der Waals surface area contributed by atoms with Gasteiger partial charge in [-0.05, 0) is 30.4 Å². The highest BCUT2D eigenvalue weighted by Gasteiger charge is 2.47. The van der Waals surface area contributed by atoms with Gasteiger partial charge in [-0.15, -0.1) is 0 Å². The van der Waals surface area contributed by atoms with E-state index in [2.05, 4.69) is 36.1 Å². The Labute approximate surface area is 157 Å². The Kier molecular flexibility index (Phi) is 5.75. The van der Waals surface area contributed by atoms with E-state index >= 15 is 0 Å². The number of benzene rings is 1. The summed E-state index contributed by atoms with van der Waals surface area (Å²) in [5.74, 6) is -0.0477. The Hall–Kier alpha value is -0.990. The Morgan fingerprint density at radius 3 is 2.46 bits per heavy atom. The molecule has 0 spiro atoms. The van der Waals surface area contributed by atoms with Crippen LogP contribution in [0.5, 0.6) is 0 Å². The molecule has 7 heteroatoms. The molecule has 1 aromatic rings. The molecule has 1 N–H and O–H groups in total. The summed E-state index contributed by atoms with van der Waals surface area (Å²) < 4.78 is 27.7. The van der Waals surface area contributed by atoms with Crippen molar-refractivity contribution in [3.63, 3.8) is 0 Å². The topological polar surface area (TPSA) is 64.1 Å². The molecular formula is C19H31N3O3S. The van der Waals surface area contributed by atoms with Crippen LogP contribution in [0.15, 0.2) is 24.3 Å². The first kappa shape index (κ1) is 19.8. The smallest absolute Gasteiger partial charge is 0.281 e. The zero-order valence-electron chi connectivity index (χ0n) is 16.1. The highest BCUT2D eigenvalue weighted by Crippen LogP contribution is 2.37. The van der Waals surface area contributed by atoms with Gasteiger partial charge in [-0.2, -0.15) is 17.0 Å². The standard InChI is InChI=1S/C19H31N3O3S/c1-4-16-7-5-6-8-17(16)13-21-11-9-19(23)10-12-22(15-18(19)14-21)26(24,25)20(2)3/h5-8,18,23H,4,9-15H2,1-3H3/t18-,19-/m1/s1. The third-order valence-corrected chi connectivity index (χ3v) is 7.91. The number of likely N-dealkylation sites (tertiary alicyclic amines) is 1. The molecule has 146 valence electrons. The molecule has 0 bridgehead atoms. The first-order chi connectivity index (χ1) is 12.3. The van der Waals surface area contributed by atoms with Crippen molar-refractivity contribution in [2.24, 2.45) is 5.92 Å². The van der Waals surface area contributed by atoms with Crippen molar-refractivity contribution < 1.29 is 13.5 Å². The van der Waals surface area contributed by atoms with Gasteiger partial charge in [0.25, 0.3) is 10.2 Å². The van der Waals surface area contributed by atoms with Crippen molar-refractivity contribution in [3.05, 3.63) is 35.4 Å². The van der Waals surface area contributed by atoms with E-state index in [4.69, 9.17) is 0 Å². The zero-order valence-corrected chi connectivity index (χ0v) is 16.9. The van der Waals surface area contributed by atoms with E-state index in [1.807, 2.05) is 0 Å². The number of aryl methyl sites for hydroxylation is 1. The second-order valence-corrected chi connectivity index (χ2v) is 9.95. The minimum Gasteiger partial charge on any atom is -0.389 e. The number of piperidine rings is 2. The third-order valence-electron chi connectivity index (χ3n) is 6.00. The van der Waals surface area contributed by atoms with Crippen LogP contribution in [-0.2, 0) is 23.2 Å². The molecule has 0 saturated carbocycles. The van der Waals surface area contributed by atoms with E-state index < -0.39 is 15.8 Å². The number of fused-ring (bicyclic) bond motifs is 1. The lowest BCUT2D eigenvalue weighted by Crippen LogP contribution is -2.61. The molecule has 2 aliphatic heterocycles. The third kappa shape index (κ3) is 3.82. The van der Waals surface area contributed by atoms with E-state index in [0.29, 0.717) is 25.9 Å². The van der Waals surface area contributed by atoms with Gasteiger partial charge in [0.15, 0.2) is 0 Å². The molecule has 0 radical (unpaired) electrons. The molecule has 2 aliphatic rings. The second kappa shape index (κ2) is 7.56. The molecule has 0 aromatic heterocycles. The Bertz CT molecular complexity index is 737. The minimum atomic E-state index is -3.43. The van der Waals surface area contributed by atoms with Crippen LogP contribution in [0.25, 0.3) is 0 Å². The number of nitrogens with zero attached hydrogens (tertiary/aromatic N) is 3. The summed E-state index contributed by atoms with van der Waals surface area (Å²) in [5.41, 5.74) is 1.95. The van der Waals surface area contributed by atoms with Crippen LogP contribution in [0.3, 0.4) is 0 Å². The lowest BCUT2D eigenvalue weighted by Gasteiger charge is -2.50. The molecule has 0 amide bonds. The van der Waals surface area contributed by atoms with Crippen molar-refractivity contribution in [2.75, 3.05) is 40.3 Å². The van der Waals surface area contributed by atoms with Crippen LogP contribution in [-0.4, -0.2) is 72.9 Å². The average molecular weight is 382 g/mol. The van der Waals surface area contributed by atoms with E-state index in [1.165, 1.54) is 19.7 Å². The van der Waals surface area contributed by atoms with E-state index in [1.54, 1.807) is 14.1 Å². The highest BCUT2D eigenvalue weighted by molar-refractivity contribution is 7.86. The van der Waals surface area contributed by atoms with Crippen LogP contribution in [0.2, 0.25) is 0 Å². The maximum atomic E-state index is 12.5. The summed E-state index contributed by atoms with van der Waals surface area (Å²) in [6.45, 7) is 5.39. The molecule has 2 heterocycles. The van der Waals surface area contributed by atoms with Crippen LogP contribution in [0, 0.1) is 5.92 Å². The van der Waals surface area contributed by atoms with Gasteiger partial charge >= 0.3 is 0 Å². The van der Waals surface area contributed by atoms with Crippen LogP contribution in [0.4, 0.5) is 0 Å². The first-order valence-corrected chi connectivity index (χ1v) is 10.8. The monoisotopic (exact) mass is 381 g/mol. The van der Waals surface area contributed by atoms with Gasteiger partial charge in [-0.1, -0.05) is 31.2 Å². The van der Waals surface area contributed by atoms with E-state index in [-0.39, 0.29) is 5.92 Å². The highest BCUT2D eigenvalue weighted by atomic mass is 32.2. The second-order valence-electron chi connectivity index (χ2n) is 7.81. The maximum Gasteiger partial charge on any atom is 0.281 e. The molecule has 1 aromatic carbocycles. The van der Waals surface area contributed by atoms with Crippen molar-refractivity contribution in [1.82, 2.24) is 13.5 Å². The normalized spacial score (nSPS) is 28.3. The zero-order chi connectivity index (χ0) is 18.9. The van der Waals surface area contributed by atoms with Crippen molar-refractivity contribution in [1.29, 1.82) is 0 Å². The molecule has 0 unspecified atom stereocenters. The predicted octanol–water partition coefficient (Wildman–Crippen LogP) is 1.31. The molecule has 3 rings (SSSR count). The SMILES string of the molecule is CCc1ccccc1CN1CC[C@@]2(O)CCN(S(=O)(=O)N(C)C)C[C@H]2C1. The Balaban J connectivity index is 1.72. The summed E-state index contributed by atoms with van der Waals surface area (Å²) >= 11 is 0. The lowest BCUT2D eigenvalue weighted by atomic mass is 9.76. The first-order valence-electron chi connectivity index (χ1n) is 9.45. The summed E-state index contributed by atoms with van der Waals surface area (Å²) in [7, 11) is -0.306. The Morgan fingerprint density at radius 2 is 1.81 bits per heavy atom. The maximum absolute atomic E-state index is 12.5.